The third kappa shape index (κ3) is 82.1. The van der Waals surface area contributed by atoms with Gasteiger partial charge in [-0.1, -0.05) is 433 Å². The maximum atomic E-state index is 13.2. The monoisotopic (exact) mass is 1580 g/mol. The molecule has 642 valence electrons. The third-order valence-electron chi connectivity index (χ3n) is 21.0. The number of aliphatic hydroxyl groups is 1. The van der Waals surface area contributed by atoms with Gasteiger partial charge < -0.3 is 33.8 Å². The molecule has 17 nitrogen and oxygen atoms in total. The Morgan fingerprint density at radius 1 is 0.250 bits per heavy atom. The van der Waals surface area contributed by atoms with Crippen molar-refractivity contribution in [1.82, 2.24) is 0 Å². The van der Waals surface area contributed by atoms with Gasteiger partial charge in [0.2, 0.25) is 0 Å². The first-order valence-electron chi connectivity index (χ1n) is 46.1. The predicted molar refractivity (Wildman–Crippen MR) is 446 cm³/mol. The van der Waals surface area contributed by atoms with Crippen molar-refractivity contribution in [3.63, 3.8) is 0 Å². The van der Waals surface area contributed by atoms with Crippen molar-refractivity contribution >= 4 is 39.5 Å². The number of carbonyl (C=O) groups excluding carboxylic acids is 4. The van der Waals surface area contributed by atoms with E-state index >= 15 is 0 Å². The number of rotatable bonds is 89. The van der Waals surface area contributed by atoms with Crippen LogP contribution < -0.4 is 0 Å². The summed E-state index contributed by atoms with van der Waals surface area (Å²) in [5, 5.41) is 10.7. The van der Waals surface area contributed by atoms with E-state index < -0.39 is 97.5 Å². The SMILES string of the molecule is CCCCCCCCCCCCCCCCCCCCCC(=O)OC[C@H](COP(=O)(O)OC[C@@H](O)COP(=O)(O)OC[C@@H](COC(=O)CCCCCCCCCCCCCCC)OC(=O)CCCCCCCCCCCCCCCCC)OC(=O)CCCCCCCCCCCCCCCCCCCCC(C)C. The van der Waals surface area contributed by atoms with Crippen LogP contribution in [0.4, 0.5) is 0 Å². The van der Waals surface area contributed by atoms with Gasteiger partial charge >= 0.3 is 39.5 Å². The number of phosphoric ester groups is 2. The summed E-state index contributed by atoms with van der Waals surface area (Å²) in [6.07, 6.45) is 76.3. The molecule has 0 aliphatic heterocycles. The highest BCUT2D eigenvalue weighted by atomic mass is 31.2. The fourth-order valence-electron chi connectivity index (χ4n) is 14.0. The molecule has 0 amide bonds. The van der Waals surface area contributed by atoms with E-state index in [2.05, 4.69) is 34.6 Å². The lowest BCUT2D eigenvalue weighted by atomic mass is 10.0. The quantitative estimate of drug-likeness (QED) is 0.0222. The first kappa shape index (κ1) is 106. The molecule has 3 N–H and O–H groups in total. The summed E-state index contributed by atoms with van der Waals surface area (Å²) in [6, 6.07) is 0. The van der Waals surface area contributed by atoms with E-state index in [1.807, 2.05) is 0 Å². The Hall–Kier alpha value is -1.94. The lowest BCUT2D eigenvalue weighted by Crippen LogP contribution is -2.30. The summed E-state index contributed by atoms with van der Waals surface area (Å²) in [5.41, 5.74) is 0. The molecule has 0 saturated carbocycles. The van der Waals surface area contributed by atoms with Crippen LogP contribution in [0.1, 0.15) is 484 Å². The van der Waals surface area contributed by atoms with E-state index in [-0.39, 0.29) is 25.7 Å². The summed E-state index contributed by atoms with van der Waals surface area (Å²) in [7, 11) is -9.93. The van der Waals surface area contributed by atoms with Gasteiger partial charge in [-0.3, -0.25) is 37.3 Å². The van der Waals surface area contributed by atoms with Gasteiger partial charge in [-0.2, -0.15) is 0 Å². The molecule has 0 saturated heterocycles. The molecule has 0 radical (unpaired) electrons. The Morgan fingerprint density at radius 2 is 0.426 bits per heavy atom. The number of hydrogen-bond donors (Lipinski definition) is 3. The Kier molecular flexibility index (Phi) is 80.2. The molecule has 0 bridgehead atoms. The molecule has 0 fully saturated rings. The number of hydrogen-bond acceptors (Lipinski definition) is 15. The zero-order chi connectivity index (χ0) is 79.0. The van der Waals surface area contributed by atoms with Gasteiger partial charge in [0, 0.05) is 25.7 Å². The van der Waals surface area contributed by atoms with E-state index in [4.69, 9.17) is 37.0 Å². The van der Waals surface area contributed by atoms with Gasteiger partial charge in [-0.05, 0) is 31.6 Å². The van der Waals surface area contributed by atoms with Crippen LogP contribution in [0, 0.1) is 5.92 Å². The van der Waals surface area contributed by atoms with Crippen molar-refractivity contribution in [2.75, 3.05) is 39.6 Å². The molecule has 0 heterocycles. The van der Waals surface area contributed by atoms with Crippen LogP contribution in [0.2, 0.25) is 0 Å². The molecule has 0 aromatic carbocycles. The molecule has 0 aromatic rings. The first-order valence-corrected chi connectivity index (χ1v) is 49.1. The Bertz CT molecular complexity index is 2050. The molecular weight excluding hydrogens is 1400 g/mol. The van der Waals surface area contributed by atoms with Crippen molar-refractivity contribution in [2.24, 2.45) is 5.92 Å². The van der Waals surface area contributed by atoms with Gasteiger partial charge in [0.1, 0.15) is 19.3 Å². The van der Waals surface area contributed by atoms with Gasteiger partial charge in [0.15, 0.2) is 12.2 Å². The van der Waals surface area contributed by atoms with E-state index in [1.165, 1.54) is 308 Å². The van der Waals surface area contributed by atoms with E-state index in [0.717, 1.165) is 95.8 Å². The summed E-state index contributed by atoms with van der Waals surface area (Å²) in [4.78, 5) is 73.4. The van der Waals surface area contributed by atoms with Crippen LogP contribution in [-0.4, -0.2) is 96.7 Å². The second-order valence-electron chi connectivity index (χ2n) is 32.5. The van der Waals surface area contributed by atoms with E-state index in [1.54, 1.807) is 0 Å². The number of aliphatic hydroxyl groups excluding tert-OH is 1. The zero-order valence-electron chi connectivity index (χ0n) is 71.0. The predicted octanol–water partition coefficient (Wildman–Crippen LogP) is 27.5. The zero-order valence-corrected chi connectivity index (χ0v) is 72.8. The highest BCUT2D eigenvalue weighted by Crippen LogP contribution is 2.45. The lowest BCUT2D eigenvalue weighted by Gasteiger charge is -2.21. The number of phosphoric acid groups is 2. The number of carbonyl (C=O) groups is 4. The minimum Gasteiger partial charge on any atom is -0.462 e. The molecule has 5 atom stereocenters. The molecule has 0 aliphatic carbocycles. The minimum atomic E-state index is -4.97. The van der Waals surface area contributed by atoms with Crippen molar-refractivity contribution < 1.29 is 80.2 Å². The lowest BCUT2D eigenvalue weighted by molar-refractivity contribution is -0.161. The van der Waals surface area contributed by atoms with Gasteiger partial charge in [-0.25, -0.2) is 9.13 Å². The maximum absolute atomic E-state index is 13.2. The molecule has 0 aliphatic rings. The maximum Gasteiger partial charge on any atom is 0.472 e. The number of esters is 4. The summed E-state index contributed by atoms with van der Waals surface area (Å²) in [6.45, 7) is 7.43. The fourth-order valence-corrected chi connectivity index (χ4v) is 15.6. The average Bonchev–Trinajstić information content (AvgIpc) is 0.898. The van der Waals surface area contributed by atoms with E-state index in [0.29, 0.717) is 25.7 Å². The fraction of sp³-hybridized carbons (Fsp3) is 0.955. The van der Waals surface area contributed by atoms with Crippen molar-refractivity contribution in [1.29, 1.82) is 0 Å². The molecule has 108 heavy (non-hydrogen) atoms. The highest BCUT2D eigenvalue weighted by Gasteiger charge is 2.30. The van der Waals surface area contributed by atoms with Crippen LogP contribution >= 0.6 is 15.6 Å². The highest BCUT2D eigenvalue weighted by molar-refractivity contribution is 7.47. The first-order chi connectivity index (χ1) is 52.5. The molecular formula is C89H174O17P2. The van der Waals surface area contributed by atoms with Crippen molar-refractivity contribution in [3.05, 3.63) is 0 Å². The third-order valence-corrected chi connectivity index (χ3v) is 22.9. The van der Waals surface area contributed by atoms with Crippen molar-refractivity contribution in [3.8, 4) is 0 Å². The summed E-state index contributed by atoms with van der Waals surface area (Å²) < 4.78 is 69.0. The molecule has 19 heteroatoms. The normalized spacial score (nSPS) is 13.7. The van der Waals surface area contributed by atoms with E-state index in [9.17, 15) is 43.2 Å². The number of unbranched alkanes of at least 4 members (excludes halogenated alkanes) is 61. The molecule has 2 unspecified atom stereocenters. The van der Waals surface area contributed by atoms with Crippen LogP contribution in [0.3, 0.4) is 0 Å². The Balaban J connectivity index is 5.25. The van der Waals surface area contributed by atoms with Gasteiger partial charge in [-0.15, -0.1) is 0 Å². The van der Waals surface area contributed by atoms with Crippen LogP contribution in [0.5, 0.6) is 0 Å². The molecule has 0 spiro atoms. The van der Waals surface area contributed by atoms with Crippen molar-refractivity contribution in [2.45, 2.75) is 502 Å². The minimum absolute atomic E-state index is 0.109. The van der Waals surface area contributed by atoms with Gasteiger partial charge in [0.25, 0.3) is 0 Å². The second kappa shape index (κ2) is 81.6. The van der Waals surface area contributed by atoms with Crippen LogP contribution in [-0.2, 0) is 65.4 Å². The standard InChI is InChI=1S/C89H174O17P2/c1-6-9-12-15-18-21-24-27-29-30-31-35-39-43-48-53-58-63-68-73-87(92)100-79-85(106-89(94)75-70-65-60-55-50-45-40-36-33-32-34-38-42-46-51-56-61-66-71-82(4)5)81-104-108(97,98)102-77-83(90)76-101-107(95,96)103-80-84(78-99-86(91)72-67-62-57-52-47-41-26-23-20-17-14-11-8-3)105-88(93)74-69-64-59-54-49-44-37-28-25-22-19-16-13-10-7-2/h82-85,90H,6-81H2,1-5H3,(H,95,96)(H,97,98)/t83-,84+,85+/m0/s1. The second-order valence-corrected chi connectivity index (χ2v) is 35.4. The molecule has 0 aromatic heterocycles. The Labute approximate surface area is 664 Å². The topological polar surface area (TPSA) is 237 Å². The Morgan fingerprint density at radius 3 is 0.630 bits per heavy atom. The molecule has 0 rings (SSSR count). The average molecular weight is 1580 g/mol. The van der Waals surface area contributed by atoms with Crippen LogP contribution in [0.15, 0.2) is 0 Å². The largest absolute Gasteiger partial charge is 0.472 e. The smallest absolute Gasteiger partial charge is 0.462 e. The van der Waals surface area contributed by atoms with Gasteiger partial charge in [0.05, 0.1) is 26.4 Å². The number of ether oxygens (including phenoxy) is 4. The van der Waals surface area contributed by atoms with Crippen LogP contribution in [0.25, 0.3) is 0 Å². The summed E-state index contributed by atoms with van der Waals surface area (Å²) >= 11 is 0. The summed E-state index contributed by atoms with van der Waals surface area (Å²) in [5.74, 6) is -1.27.